The molecule has 0 heterocycles. The van der Waals surface area contributed by atoms with Crippen molar-refractivity contribution in [3.8, 4) is 6.07 Å². The van der Waals surface area contributed by atoms with Crippen molar-refractivity contribution in [3.05, 3.63) is 71.3 Å². The first-order valence-corrected chi connectivity index (χ1v) is 9.30. The second-order valence-electron chi connectivity index (χ2n) is 6.70. The lowest BCUT2D eigenvalue weighted by Crippen LogP contribution is -2.39. The van der Waals surface area contributed by atoms with E-state index in [9.17, 15) is 0 Å². The number of halogens is 1. The molecule has 5 nitrogen and oxygen atoms in total. The molecule has 0 aliphatic rings. The lowest BCUT2D eigenvalue weighted by molar-refractivity contribution is 0.238. The van der Waals surface area contributed by atoms with Crippen LogP contribution in [0.4, 0.5) is 0 Å². The number of guanidine groups is 1. The molecule has 2 aromatic rings. The van der Waals surface area contributed by atoms with Crippen LogP contribution in [0.3, 0.4) is 0 Å². The van der Waals surface area contributed by atoms with E-state index in [1.807, 2.05) is 30.3 Å². The molecule has 2 N–H and O–H groups in total. The molecule has 150 valence electrons. The molecule has 0 amide bonds. The first-order valence-electron chi connectivity index (χ1n) is 9.30. The zero-order chi connectivity index (χ0) is 19.5. The van der Waals surface area contributed by atoms with Gasteiger partial charge in [0, 0.05) is 32.7 Å². The standard InChI is InChI=1S/C22H29N5.HI/c1-18(27(3)17-21-7-5-4-6-8-21)13-14-25-22(24-2)26-16-20-11-9-19(15-23)10-12-20;/h4-12,18H,13-14,16-17H2,1-3H3,(H2,24,25,26);1H. The van der Waals surface area contributed by atoms with E-state index in [2.05, 4.69) is 64.8 Å². The van der Waals surface area contributed by atoms with Crippen LogP contribution in [0.5, 0.6) is 0 Å². The summed E-state index contributed by atoms with van der Waals surface area (Å²) < 4.78 is 0. The summed E-state index contributed by atoms with van der Waals surface area (Å²) in [6.45, 7) is 4.73. The molecule has 2 rings (SSSR count). The summed E-state index contributed by atoms with van der Waals surface area (Å²) in [5.74, 6) is 0.789. The van der Waals surface area contributed by atoms with E-state index in [0.717, 1.165) is 31.0 Å². The number of aliphatic imine (C=N–C) groups is 1. The summed E-state index contributed by atoms with van der Waals surface area (Å²) in [6.07, 6.45) is 1.03. The van der Waals surface area contributed by atoms with E-state index < -0.39 is 0 Å². The Balaban J connectivity index is 0.00000392. The number of nitriles is 1. The van der Waals surface area contributed by atoms with Crippen molar-refractivity contribution in [2.24, 2.45) is 4.99 Å². The molecule has 0 spiro atoms. The van der Waals surface area contributed by atoms with Crippen LogP contribution in [-0.2, 0) is 13.1 Å². The highest BCUT2D eigenvalue weighted by molar-refractivity contribution is 14.0. The second-order valence-corrected chi connectivity index (χ2v) is 6.70. The summed E-state index contributed by atoms with van der Waals surface area (Å²) in [5, 5.41) is 15.5. The highest BCUT2D eigenvalue weighted by Crippen LogP contribution is 2.08. The normalized spacial score (nSPS) is 12.0. The summed E-state index contributed by atoms with van der Waals surface area (Å²) in [4.78, 5) is 6.64. The van der Waals surface area contributed by atoms with Gasteiger partial charge in [-0.2, -0.15) is 5.26 Å². The van der Waals surface area contributed by atoms with Crippen molar-refractivity contribution < 1.29 is 0 Å². The Labute approximate surface area is 185 Å². The maximum atomic E-state index is 8.85. The zero-order valence-electron chi connectivity index (χ0n) is 16.9. The van der Waals surface area contributed by atoms with E-state index in [4.69, 9.17) is 5.26 Å². The summed E-state index contributed by atoms with van der Waals surface area (Å²) in [6, 6.07) is 20.7. The molecular weight excluding hydrogens is 461 g/mol. The van der Waals surface area contributed by atoms with Gasteiger partial charge in [0.15, 0.2) is 5.96 Å². The van der Waals surface area contributed by atoms with Crippen LogP contribution in [0.2, 0.25) is 0 Å². The predicted molar refractivity (Wildman–Crippen MR) is 127 cm³/mol. The summed E-state index contributed by atoms with van der Waals surface area (Å²) >= 11 is 0. The molecule has 0 aliphatic carbocycles. The molecule has 28 heavy (non-hydrogen) atoms. The van der Waals surface area contributed by atoms with Crippen molar-refractivity contribution >= 4 is 29.9 Å². The molecular formula is C22H30IN5. The zero-order valence-corrected chi connectivity index (χ0v) is 19.2. The van der Waals surface area contributed by atoms with Gasteiger partial charge in [0.1, 0.15) is 0 Å². The van der Waals surface area contributed by atoms with E-state index in [1.165, 1.54) is 5.56 Å². The van der Waals surface area contributed by atoms with Crippen LogP contribution in [0.15, 0.2) is 59.6 Å². The van der Waals surface area contributed by atoms with Gasteiger partial charge in [0.05, 0.1) is 11.6 Å². The Hall–Kier alpha value is -2.11. The second kappa shape index (κ2) is 13.1. The van der Waals surface area contributed by atoms with Crippen LogP contribution in [0.1, 0.15) is 30.0 Å². The molecule has 1 unspecified atom stereocenters. The number of hydrogen-bond donors (Lipinski definition) is 2. The van der Waals surface area contributed by atoms with Crippen molar-refractivity contribution in [3.63, 3.8) is 0 Å². The Kier molecular flexibility index (Phi) is 11.2. The third-order valence-corrected chi connectivity index (χ3v) is 4.65. The van der Waals surface area contributed by atoms with E-state index >= 15 is 0 Å². The highest BCUT2D eigenvalue weighted by Gasteiger charge is 2.09. The fraction of sp³-hybridized carbons (Fsp3) is 0.364. The van der Waals surface area contributed by atoms with Crippen molar-refractivity contribution in [1.82, 2.24) is 15.5 Å². The van der Waals surface area contributed by atoms with E-state index in [1.54, 1.807) is 7.05 Å². The minimum atomic E-state index is 0. The molecule has 0 saturated heterocycles. The molecule has 0 bridgehead atoms. The van der Waals surface area contributed by atoms with Crippen LogP contribution in [0.25, 0.3) is 0 Å². The quantitative estimate of drug-likeness (QED) is 0.336. The minimum Gasteiger partial charge on any atom is -0.356 e. The van der Waals surface area contributed by atoms with Gasteiger partial charge in [0.2, 0.25) is 0 Å². The van der Waals surface area contributed by atoms with Crippen LogP contribution in [-0.4, -0.2) is 37.5 Å². The molecule has 0 saturated carbocycles. The SMILES string of the molecule is CN=C(NCCC(C)N(C)Cc1ccccc1)NCc1ccc(C#N)cc1.I. The Morgan fingerprint density at radius 3 is 2.36 bits per heavy atom. The number of hydrogen-bond acceptors (Lipinski definition) is 3. The number of rotatable bonds is 8. The molecule has 0 aliphatic heterocycles. The smallest absolute Gasteiger partial charge is 0.191 e. The van der Waals surface area contributed by atoms with Gasteiger partial charge in [-0.05, 0) is 43.7 Å². The third kappa shape index (κ3) is 8.28. The lowest BCUT2D eigenvalue weighted by Gasteiger charge is -2.25. The maximum Gasteiger partial charge on any atom is 0.191 e. The average molecular weight is 491 g/mol. The molecule has 0 fully saturated rings. The van der Waals surface area contributed by atoms with Gasteiger partial charge >= 0.3 is 0 Å². The lowest BCUT2D eigenvalue weighted by atomic mass is 10.1. The Bertz CT molecular complexity index is 753. The van der Waals surface area contributed by atoms with E-state index in [0.29, 0.717) is 18.2 Å². The fourth-order valence-corrected chi connectivity index (χ4v) is 2.75. The Morgan fingerprint density at radius 1 is 1.07 bits per heavy atom. The van der Waals surface area contributed by atoms with Crippen LogP contribution in [0, 0.1) is 11.3 Å². The molecule has 0 aromatic heterocycles. The molecule has 0 radical (unpaired) electrons. The van der Waals surface area contributed by atoms with Gasteiger partial charge in [-0.15, -0.1) is 24.0 Å². The molecule has 1 atom stereocenters. The van der Waals surface area contributed by atoms with Gasteiger partial charge in [0.25, 0.3) is 0 Å². The maximum absolute atomic E-state index is 8.85. The van der Waals surface area contributed by atoms with Crippen molar-refractivity contribution in [2.45, 2.75) is 32.5 Å². The summed E-state index contributed by atoms with van der Waals surface area (Å²) in [7, 11) is 3.94. The van der Waals surface area contributed by atoms with Crippen molar-refractivity contribution in [2.75, 3.05) is 20.6 Å². The van der Waals surface area contributed by atoms with Crippen molar-refractivity contribution in [1.29, 1.82) is 5.26 Å². The fourth-order valence-electron chi connectivity index (χ4n) is 2.75. The predicted octanol–water partition coefficient (Wildman–Crippen LogP) is 3.75. The topological polar surface area (TPSA) is 63.5 Å². The highest BCUT2D eigenvalue weighted by atomic mass is 127. The van der Waals surface area contributed by atoms with Crippen LogP contribution >= 0.6 is 24.0 Å². The average Bonchev–Trinajstić information content (AvgIpc) is 2.71. The molecule has 2 aromatic carbocycles. The van der Waals surface area contributed by atoms with Gasteiger partial charge in [-0.1, -0.05) is 42.5 Å². The third-order valence-electron chi connectivity index (χ3n) is 4.65. The van der Waals surface area contributed by atoms with E-state index in [-0.39, 0.29) is 24.0 Å². The Morgan fingerprint density at radius 2 is 1.75 bits per heavy atom. The van der Waals surface area contributed by atoms with Crippen LogP contribution < -0.4 is 10.6 Å². The monoisotopic (exact) mass is 491 g/mol. The first kappa shape index (κ1) is 23.9. The number of benzene rings is 2. The largest absolute Gasteiger partial charge is 0.356 e. The number of nitrogens with one attached hydrogen (secondary N) is 2. The van der Waals surface area contributed by atoms with Gasteiger partial charge in [-0.25, -0.2) is 0 Å². The van der Waals surface area contributed by atoms with Gasteiger partial charge < -0.3 is 10.6 Å². The molecule has 6 heteroatoms. The van der Waals surface area contributed by atoms with Gasteiger partial charge in [-0.3, -0.25) is 9.89 Å². The number of nitrogens with zero attached hydrogens (tertiary/aromatic N) is 3. The first-order chi connectivity index (χ1) is 13.1. The summed E-state index contributed by atoms with van der Waals surface area (Å²) in [5.41, 5.74) is 3.13. The minimum absolute atomic E-state index is 0.